The second kappa shape index (κ2) is 8.56. The van der Waals surface area contributed by atoms with E-state index in [0.29, 0.717) is 13.0 Å². The Kier molecular flexibility index (Phi) is 6.92. The zero-order valence-electron chi connectivity index (χ0n) is 11.4. The molecule has 0 saturated carbocycles. The average molecular weight is 249 g/mol. The molecule has 0 spiro atoms. The van der Waals surface area contributed by atoms with Gasteiger partial charge in [0.1, 0.15) is 5.75 Å². The van der Waals surface area contributed by atoms with Crippen molar-refractivity contribution in [3.8, 4) is 5.75 Å². The number of anilines is 1. The number of benzene rings is 1. The number of hydrogen-bond donors (Lipinski definition) is 1. The van der Waals surface area contributed by atoms with Crippen LogP contribution in [0.4, 0.5) is 5.69 Å². The standard InChI is InChI=1S/C15H23NO2/c1-3-4-5-6-7-14(17)12-16-13-8-10-15(18-2)11-9-13/h8-11,16H,3-7,12H2,1-2H3. The molecule has 0 aliphatic heterocycles. The van der Waals surface area contributed by atoms with Gasteiger partial charge in [0.15, 0.2) is 5.78 Å². The molecule has 1 rings (SSSR count). The number of methoxy groups -OCH3 is 1. The number of ether oxygens (including phenoxy) is 1. The van der Waals surface area contributed by atoms with E-state index >= 15 is 0 Å². The molecule has 1 N–H and O–H groups in total. The van der Waals surface area contributed by atoms with Gasteiger partial charge in [-0.25, -0.2) is 0 Å². The molecule has 0 aliphatic rings. The third-order valence-corrected chi connectivity index (χ3v) is 2.89. The van der Waals surface area contributed by atoms with Gasteiger partial charge in [-0.05, 0) is 30.7 Å². The number of ketones is 1. The summed E-state index contributed by atoms with van der Waals surface area (Å²) in [6.07, 6.45) is 5.28. The first-order valence-corrected chi connectivity index (χ1v) is 6.66. The molecule has 0 radical (unpaired) electrons. The van der Waals surface area contributed by atoms with Gasteiger partial charge in [0.2, 0.25) is 0 Å². The second-order valence-corrected chi connectivity index (χ2v) is 4.43. The highest BCUT2D eigenvalue weighted by molar-refractivity contribution is 5.82. The van der Waals surface area contributed by atoms with Gasteiger partial charge in [-0.15, -0.1) is 0 Å². The third-order valence-electron chi connectivity index (χ3n) is 2.89. The summed E-state index contributed by atoms with van der Waals surface area (Å²) in [5.41, 5.74) is 0.956. The van der Waals surface area contributed by atoms with E-state index in [1.54, 1.807) is 7.11 Å². The number of unbranched alkanes of at least 4 members (excludes halogenated alkanes) is 3. The summed E-state index contributed by atoms with van der Waals surface area (Å²) in [6, 6.07) is 7.61. The van der Waals surface area contributed by atoms with E-state index in [2.05, 4.69) is 12.2 Å². The van der Waals surface area contributed by atoms with Crippen LogP contribution < -0.4 is 10.1 Å². The molecule has 100 valence electrons. The Balaban J connectivity index is 2.20. The monoisotopic (exact) mass is 249 g/mol. The van der Waals surface area contributed by atoms with Gasteiger partial charge in [0.05, 0.1) is 13.7 Å². The summed E-state index contributed by atoms with van der Waals surface area (Å²) >= 11 is 0. The van der Waals surface area contributed by atoms with Gasteiger partial charge in [0.25, 0.3) is 0 Å². The number of carbonyl (C=O) groups excluding carboxylic acids is 1. The fourth-order valence-corrected chi connectivity index (χ4v) is 1.75. The molecule has 3 heteroatoms. The summed E-state index contributed by atoms with van der Waals surface area (Å²) in [5, 5.41) is 3.13. The Morgan fingerprint density at radius 3 is 2.50 bits per heavy atom. The van der Waals surface area contributed by atoms with Crippen LogP contribution in [-0.2, 0) is 4.79 Å². The van der Waals surface area contributed by atoms with Crippen molar-refractivity contribution in [2.45, 2.75) is 39.0 Å². The van der Waals surface area contributed by atoms with Crippen molar-refractivity contribution in [3.63, 3.8) is 0 Å². The van der Waals surface area contributed by atoms with E-state index in [4.69, 9.17) is 4.74 Å². The van der Waals surface area contributed by atoms with Crippen LogP contribution in [0.5, 0.6) is 5.75 Å². The molecule has 0 aromatic heterocycles. The fourth-order valence-electron chi connectivity index (χ4n) is 1.75. The molecule has 3 nitrogen and oxygen atoms in total. The lowest BCUT2D eigenvalue weighted by Gasteiger charge is -2.06. The molecule has 1 aromatic carbocycles. The van der Waals surface area contributed by atoms with Crippen LogP contribution in [0.15, 0.2) is 24.3 Å². The van der Waals surface area contributed by atoms with E-state index in [9.17, 15) is 4.79 Å². The number of rotatable bonds is 9. The van der Waals surface area contributed by atoms with Crippen LogP contribution in [-0.4, -0.2) is 19.4 Å². The highest BCUT2D eigenvalue weighted by atomic mass is 16.5. The molecular formula is C15H23NO2. The van der Waals surface area contributed by atoms with Crippen molar-refractivity contribution in [1.29, 1.82) is 0 Å². The predicted octanol–water partition coefficient (Wildman–Crippen LogP) is 3.65. The molecular weight excluding hydrogens is 226 g/mol. The Morgan fingerprint density at radius 2 is 1.89 bits per heavy atom. The Morgan fingerprint density at radius 1 is 1.17 bits per heavy atom. The van der Waals surface area contributed by atoms with Crippen LogP contribution >= 0.6 is 0 Å². The summed E-state index contributed by atoms with van der Waals surface area (Å²) in [6.45, 7) is 2.59. The fraction of sp³-hybridized carbons (Fsp3) is 0.533. The molecule has 1 aromatic rings. The van der Waals surface area contributed by atoms with Crippen molar-refractivity contribution in [2.75, 3.05) is 19.0 Å². The lowest BCUT2D eigenvalue weighted by molar-refractivity contribution is -0.117. The zero-order chi connectivity index (χ0) is 13.2. The number of Topliss-reactive ketones (excluding diaryl/α,β-unsaturated/α-hetero) is 1. The normalized spacial score (nSPS) is 10.1. The van der Waals surface area contributed by atoms with Crippen LogP contribution in [0.1, 0.15) is 39.0 Å². The summed E-state index contributed by atoms with van der Waals surface area (Å²) in [4.78, 5) is 11.6. The van der Waals surface area contributed by atoms with Crippen LogP contribution in [0.2, 0.25) is 0 Å². The van der Waals surface area contributed by atoms with Crippen molar-refractivity contribution < 1.29 is 9.53 Å². The van der Waals surface area contributed by atoms with Crippen molar-refractivity contribution in [1.82, 2.24) is 0 Å². The average Bonchev–Trinajstić information content (AvgIpc) is 2.42. The van der Waals surface area contributed by atoms with E-state index < -0.39 is 0 Å². The third kappa shape index (κ3) is 5.71. The largest absolute Gasteiger partial charge is 0.497 e. The lowest BCUT2D eigenvalue weighted by Crippen LogP contribution is -2.13. The maximum atomic E-state index is 11.6. The van der Waals surface area contributed by atoms with E-state index in [1.165, 1.54) is 12.8 Å². The van der Waals surface area contributed by atoms with E-state index in [0.717, 1.165) is 24.3 Å². The van der Waals surface area contributed by atoms with Gasteiger partial charge in [-0.3, -0.25) is 4.79 Å². The summed E-state index contributed by atoms with van der Waals surface area (Å²) < 4.78 is 5.08. The maximum absolute atomic E-state index is 11.6. The minimum absolute atomic E-state index is 0.280. The first kappa shape index (κ1) is 14.6. The summed E-state index contributed by atoms with van der Waals surface area (Å²) in [5.74, 6) is 1.10. The van der Waals surface area contributed by atoms with Crippen molar-refractivity contribution in [3.05, 3.63) is 24.3 Å². The van der Waals surface area contributed by atoms with Crippen LogP contribution in [0.25, 0.3) is 0 Å². The van der Waals surface area contributed by atoms with E-state index in [-0.39, 0.29) is 5.78 Å². The first-order valence-electron chi connectivity index (χ1n) is 6.66. The Labute approximate surface area is 110 Å². The van der Waals surface area contributed by atoms with Crippen LogP contribution in [0, 0.1) is 0 Å². The Bertz CT molecular complexity index is 346. The highest BCUT2D eigenvalue weighted by Crippen LogP contribution is 2.14. The Hall–Kier alpha value is -1.51. The minimum atomic E-state index is 0.280. The molecule has 0 saturated heterocycles. The molecule has 0 bridgehead atoms. The number of nitrogens with one attached hydrogen (secondary N) is 1. The quantitative estimate of drug-likeness (QED) is 0.679. The SMILES string of the molecule is CCCCCCC(=O)CNc1ccc(OC)cc1. The van der Waals surface area contributed by atoms with Gasteiger partial charge in [0, 0.05) is 12.1 Å². The second-order valence-electron chi connectivity index (χ2n) is 4.43. The first-order chi connectivity index (χ1) is 8.76. The molecule has 0 aliphatic carbocycles. The van der Waals surface area contributed by atoms with Crippen LogP contribution in [0.3, 0.4) is 0 Å². The maximum Gasteiger partial charge on any atom is 0.151 e. The van der Waals surface area contributed by atoms with E-state index in [1.807, 2.05) is 24.3 Å². The zero-order valence-corrected chi connectivity index (χ0v) is 11.4. The van der Waals surface area contributed by atoms with Gasteiger partial charge < -0.3 is 10.1 Å². The van der Waals surface area contributed by atoms with Crippen molar-refractivity contribution in [2.24, 2.45) is 0 Å². The molecule has 0 atom stereocenters. The highest BCUT2D eigenvalue weighted by Gasteiger charge is 2.01. The van der Waals surface area contributed by atoms with Crippen molar-refractivity contribution >= 4 is 11.5 Å². The molecule has 0 amide bonds. The van der Waals surface area contributed by atoms with Gasteiger partial charge >= 0.3 is 0 Å². The number of hydrogen-bond acceptors (Lipinski definition) is 3. The topological polar surface area (TPSA) is 38.3 Å². The smallest absolute Gasteiger partial charge is 0.151 e. The number of carbonyl (C=O) groups is 1. The summed E-state index contributed by atoms with van der Waals surface area (Å²) in [7, 11) is 1.64. The molecule has 18 heavy (non-hydrogen) atoms. The predicted molar refractivity (Wildman–Crippen MR) is 75.2 cm³/mol. The molecule has 0 unspecified atom stereocenters. The molecule has 0 heterocycles. The van der Waals surface area contributed by atoms with Gasteiger partial charge in [-0.1, -0.05) is 26.2 Å². The molecule has 0 fully saturated rings. The minimum Gasteiger partial charge on any atom is -0.497 e. The lowest BCUT2D eigenvalue weighted by atomic mass is 10.1. The van der Waals surface area contributed by atoms with Gasteiger partial charge in [-0.2, -0.15) is 0 Å².